The zero-order chi connectivity index (χ0) is 13.3. The summed E-state index contributed by atoms with van der Waals surface area (Å²) in [5.41, 5.74) is 3.40. The van der Waals surface area contributed by atoms with Crippen LogP contribution < -0.4 is 10.1 Å². The highest BCUT2D eigenvalue weighted by atomic mass is 35.5. The maximum absolute atomic E-state index is 6.34. The predicted octanol–water partition coefficient (Wildman–Crippen LogP) is 2.37. The van der Waals surface area contributed by atoms with Crippen molar-refractivity contribution >= 4 is 11.6 Å². The number of nitrogens with one attached hydrogen (secondary N) is 1. The summed E-state index contributed by atoms with van der Waals surface area (Å²) in [5, 5.41) is 4.15. The van der Waals surface area contributed by atoms with E-state index in [4.69, 9.17) is 16.3 Å². The van der Waals surface area contributed by atoms with Crippen molar-refractivity contribution in [2.45, 2.75) is 26.4 Å². The minimum atomic E-state index is 0.620. The molecule has 1 N–H and O–H groups in total. The Kier molecular flexibility index (Phi) is 4.15. The highest BCUT2D eigenvalue weighted by molar-refractivity contribution is 6.32. The number of likely N-dealkylation sites (N-methyl/N-ethyl adjacent to an activating group) is 1. The van der Waals surface area contributed by atoms with E-state index in [-0.39, 0.29) is 0 Å². The Bertz CT molecular complexity index is 444. The largest absolute Gasteiger partial charge is 0.496 e. The van der Waals surface area contributed by atoms with Gasteiger partial charge < -0.3 is 10.1 Å². The smallest absolute Gasteiger partial charge is 0.123 e. The lowest BCUT2D eigenvalue weighted by Crippen LogP contribution is -2.55. The fourth-order valence-electron chi connectivity index (χ4n) is 2.30. The molecule has 1 fully saturated rings. The van der Waals surface area contributed by atoms with Gasteiger partial charge in [-0.1, -0.05) is 11.6 Å². The van der Waals surface area contributed by atoms with Crippen molar-refractivity contribution in [3.8, 4) is 5.75 Å². The molecule has 1 saturated heterocycles. The summed E-state index contributed by atoms with van der Waals surface area (Å²) >= 11 is 6.34. The van der Waals surface area contributed by atoms with Crippen LogP contribution in [-0.2, 0) is 6.54 Å². The topological polar surface area (TPSA) is 24.5 Å². The summed E-state index contributed by atoms with van der Waals surface area (Å²) in [4.78, 5) is 2.35. The summed E-state index contributed by atoms with van der Waals surface area (Å²) in [6, 6.07) is 2.64. The van der Waals surface area contributed by atoms with Crippen molar-refractivity contribution in [2.24, 2.45) is 0 Å². The molecule has 0 bridgehead atoms. The number of hydrogen-bond donors (Lipinski definition) is 1. The van der Waals surface area contributed by atoms with Gasteiger partial charge in [-0.15, -0.1) is 0 Å². The lowest BCUT2D eigenvalue weighted by molar-refractivity contribution is 0.171. The van der Waals surface area contributed by atoms with Crippen LogP contribution in [-0.4, -0.2) is 38.2 Å². The molecule has 0 aromatic heterocycles. The molecule has 2 rings (SSSR count). The molecule has 1 heterocycles. The molecule has 4 heteroatoms. The quantitative estimate of drug-likeness (QED) is 0.907. The van der Waals surface area contributed by atoms with Crippen LogP contribution in [0.1, 0.15) is 16.7 Å². The maximum atomic E-state index is 6.34. The lowest BCUT2D eigenvalue weighted by atomic mass is 10.0. The van der Waals surface area contributed by atoms with E-state index in [0.717, 1.165) is 41.5 Å². The van der Waals surface area contributed by atoms with Crippen LogP contribution in [0.2, 0.25) is 5.02 Å². The van der Waals surface area contributed by atoms with E-state index in [1.165, 1.54) is 5.56 Å². The van der Waals surface area contributed by atoms with Crippen molar-refractivity contribution in [1.29, 1.82) is 0 Å². The third kappa shape index (κ3) is 2.48. The van der Waals surface area contributed by atoms with Gasteiger partial charge >= 0.3 is 0 Å². The maximum Gasteiger partial charge on any atom is 0.123 e. The first kappa shape index (κ1) is 13.7. The molecule has 0 amide bonds. The van der Waals surface area contributed by atoms with Crippen molar-refractivity contribution in [2.75, 3.05) is 27.2 Å². The highest BCUT2D eigenvalue weighted by Crippen LogP contribution is 2.32. The molecule has 100 valence electrons. The van der Waals surface area contributed by atoms with Gasteiger partial charge in [-0.3, -0.25) is 4.90 Å². The predicted molar refractivity (Wildman–Crippen MR) is 75.6 cm³/mol. The normalized spacial score (nSPS) is 15.9. The Balaban J connectivity index is 2.27. The molecule has 1 aromatic rings. The molecule has 0 spiro atoms. The van der Waals surface area contributed by atoms with Gasteiger partial charge in [0.05, 0.1) is 7.11 Å². The SMILES string of the molecule is COc1cc(C)c(Cl)c(C)c1CN(C)C1CNC1. The van der Waals surface area contributed by atoms with Crippen LogP contribution in [0, 0.1) is 13.8 Å². The van der Waals surface area contributed by atoms with E-state index < -0.39 is 0 Å². The fraction of sp³-hybridized carbons (Fsp3) is 0.571. The van der Waals surface area contributed by atoms with E-state index >= 15 is 0 Å². The van der Waals surface area contributed by atoms with Crippen LogP contribution in [0.5, 0.6) is 5.75 Å². The molecule has 18 heavy (non-hydrogen) atoms. The number of hydrogen-bond acceptors (Lipinski definition) is 3. The second-order valence-corrected chi connectivity index (χ2v) is 5.42. The number of aryl methyl sites for hydroxylation is 1. The van der Waals surface area contributed by atoms with E-state index in [1.807, 2.05) is 13.0 Å². The summed E-state index contributed by atoms with van der Waals surface area (Å²) in [5.74, 6) is 0.938. The third-order valence-electron chi connectivity index (χ3n) is 3.78. The van der Waals surface area contributed by atoms with Gasteiger partial charge in [0.15, 0.2) is 0 Å². The van der Waals surface area contributed by atoms with E-state index in [1.54, 1.807) is 7.11 Å². The van der Waals surface area contributed by atoms with Gasteiger partial charge in [0, 0.05) is 36.3 Å². The Morgan fingerprint density at radius 3 is 2.61 bits per heavy atom. The standard InChI is InChI=1S/C14H21ClN2O/c1-9-5-13(18-4)12(10(2)14(9)15)8-17(3)11-6-16-7-11/h5,11,16H,6-8H2,1-4H3. The van der Waals surface area contributed by atoms with Crippen molar-refractivity contribution in [3.63, 3.8) is 0 Å². The average molecular weight is 269 g/mol. The number of benzene rings is 1. The fourth-order valence-corrected chi connectivity index (χ4v) is 2.47. The van der Waals surface area contributed by atoms with Crippen molar-refractivity contribution in [1.82, 2.24) is 10.2 Å². The number of halogens is 1. The minimum Gasteiger partial charge on any atom is -0.496 e. The molecule has 1 aliphatic rings. The molecule has 0 radical (unpaired) electrons. The lowest BCUT2D eigenvalue weighted by Gasteiger charge is -2.36. The zero-order valence-electron chi connectivity index (χ0n) is 11.5. The number of nitrogens with zero attached hydrogens (tertiary/aromatic N) is 1. The monoisotopic (exact) mass is 268 g/mol. The summed E-state index contributed by atoms with van der Waals surface area (Å²) in [7, 11) is 3.87. The van der Waals surface area contributed by atoms with Crippen LogP contribution in [0.3, 0.4) is 0 Å². The molecule has 0 saturated carbocycles. The summed E-state index contributed by atoms with van der Waals surface area (Å²) in [6.45, 7) is 7.09. The first-order chi connectivity index (χ1) is 8.54. The Morgan fingerprint density at radius 1 is 1.44 bits per heavy atom. The second kappa shape index (κ2) is 5.47. The first-order valence-corrected chi connectivity index (χ1v) is 6.66. The third-order valence-corrected chi connectivity index (χ3v) is 4.37. The Morgan fingerprint density at radius 2 is 2.11 bits per heavy atom. The van der Waals surface area contributed by atoms with Crippen LogP contribution in [0.15, 0.2) is 6.07 Å². The van der Waals surface area contributed by atoms with E-state index in [9.17, 15) is 0 Å². The summed E-state index contributed by atoms with van der Waals surface area (Å²) in [6.07, 6.45) is 0. The van der Waals surface area contributed by atoms with Gasteiger partial charge in [0.25, 0.3) is 0 Å². The molecule has 1 aromatic carbocycles. The molecular weight excluding hydrogens is 248 g/mol. The Labute approximate surface area is 114 Å². The molecule has 0 atom stereocenters. The second-order valence-electron chi connectivity index (χ2n) is 5.04. The van der Waals surface area contributed by atoms with Crippen LogP contribution in [0.25, 0.3) is 0 Å². The zero-order valence-corrected chi connectivity index (χ0v) is 12.3. The number of methoxy groups -OCH3 is 1. The molecule has 0 aliphatic carbocycles. The van der Waals surface area contributed by atoms with Gasteiger partial charge in [-0.05, 0) is 38.1 Å². The van der Waals surface area contributed by atoms with Crippen molar-refractivity contribution in [3.05, 3.63) is 27.8 Å². The first-order valence-electron chi connectivity index (χ1n) is 6.28. The summed E-state index contributed by atoms with van der Waals surface area (Å²) < 4.78 is 5.49. The number of ether oxygens (including phenoxy) is 1. The van der Waals surface area contributed by atoms with Crippen LogP contribution >= 0.6 is 11.6 Å². The Hall–Kier alpha value is -0.770. The molecule has 3 nitrogen and oxygen atoms in total. The minimum absolute atomic E-state index is 0.620. The molecule has 0 unspecified atom stereocenters. The number of rotatable bonds is 4. The highest BCUT2D eigenvalue weighted by Gasteiger charge is 2.23. The van der Waals surface area contributed by atoms with Gasteiger partial charge in [0.1, 0.15) is 5.75 Å². The van der Waals surface area contributed by atoms with Gasteiger partial charge in [0.2, 0.25) is 0 Å². The average Bonchev–Trinajstić information content (AvgIpc) is 2.27. The molecular formula is C14H21ClN2O. The van der Waals surface area contributed by atoms with Crippen molar-refractivity contribution < 1.29 is 4.74 Å². The van der Waals surface area contributed by atoms with E-state index in [2.05, 4.69) is 24.2 Å². The van der Waals surface area contributed by atoms with Crippen LogP contribution in [0.4, 0.5) is 0 Å². The van der Waals surface area contributed by atoms with Gasteiger partial charge in [-0.25, -0.2) is 0 Å². The van der Waals surface area contributed by atoms with Gasteiger partial charge in [-0.2, -0.15) is 0 Å². The molecule has 1 aliphatic heterocycles. The van der Waals surface area contributed by atoms with E-state index in [0.29, 0.717) is 6.04 Å².